The van der Waals surface area contributed by atoms with Gasteiger partial charge in [-0.15, -0.1) is 0 Å². The van der Waals surface area contributed by atoms with Crippen LogP contribution in [0.25, 0.3) is 0 Å². The molecule has 0 aromatic heterocycles. The van der Waals surface area contributed by atoms with E-state index in [-0.39, 0.29) is 43.1 Å². The Balaban J connectivity index is 2.80. The Morgan fingerprint density at radius 3 is 2.40 bits per heavy atom. The van der Waals surface area contributed by atoms with Crippen LogP contribution >= 0.6 is 12.6 Å². The Hall–Kier alpha value is -2.99. The summed E-state index contributed by atoms with van der Waals surface area (Å²) >= 11 is 4.02. The highest BCUT2D eigenvalue weighted by Crippen LogP contribution is 2.22. The van der Waals surface area contributed by atoms with Gasteiger partial charge in [0.1, 0.15) is 30.1 Å². The van der Waals surface area contributed by atoms with Crippen molar-refractivity contribution in [1.82, 2.24) is 10.2 Å². The molecule has 30 heavy (non-hydrogen) atoms. The highest BCUT2D eigenvalue weighted by atomic mass is 32.1. The fourth-order valence-electron chi connectivity index (χ4n) is 2.54. The summed E-state index contributed by atoms with van der Waals surface area (Å²) in [7, 11) is 0. The standard InChI is InChI=1S/C18H25N3O8S/c19-12(18(28)29)2-4-15(24)20-13(9-30)17(27)21(8-16(25)26)6-5-10-7-11(22)1-3-14(10)23/h1,3,7,12-13,22-23,30H,2,4-6,8-9,19H2,(H,20,24)(H,25,26)(H,28,29). The van der Waals surface area contributed by atoms with E-state index in [2.05, 4.69) is 17.9 Å². The molecule has 0 aliphatic heterocycles. The van der Waals surface area contributed by atoms with Gasteiger partial charge in [-0.2, -0.15) is 12.6 Å². The predicted octanol–water partition coefficient (Wildman–Crippen LogP) is -0.840. The minimum absolute atomic E-state index is 0.0555. The van der Waals surface area contributed by atoms with Crippen LogP contribution in [0.3, 0.4) is 0 Å². The molecule has 11 nitrogen and oxygen atoms in total. The molecule has 0 aliphatic rings. The van der Waals surface area contributed by atoms with E-state index in [0.29, 0.717) is 5.56 Å². The van der Waals surface area contributed by atoms with E-state index in [1.54, 1.807) is 0 Å². The second kappa shape index (κ2) is 11.9. The van der Waals surface area contributed by atoms with Crippen molar-refractivity contribution in [3.8, 4) is 11.5 Å². The summed E-state index contributed by atoms with van der Waals surface area (Å²) in [5, 5.41) is 39.6. The number of hydrogen-bond acceptors (Lipinski definition) is 8. The number of phenols is 2. The lowest BCUT2D eigenvalue weighted by Crippen LogP contribution is -2.51. The molecule has 0 saturated heterocycles. The van der Waals surface area contributed by atoms with Gasteiger partial charge in [-0.3, -0.25) is 19.2 Å². The number of carboxylic acid groups (broad SMARTS) is 2. The minimum atomic E-state index is -1.28. The molecular formula is C18H25N3O8S. The van der Waals surface area contributed by atoms with Gasteiger partial charge in [0.25, 0.3) is 0 Å². The Bertz CT molecular complexity index is 789. The molecule has 0 aliphatic carbocycles. The average molecular weight is 443 g/mol. The molecule has 7 N–H and O–H groups in total. The van der Waals surface area contributed by atoms with Gasteiger partial charge in [-0.05, 0) is 36.6 Å². The Morgan fingerprint density at radius 2 is 1.83 bits per heavy atom. The number of nitrogens with one attached hydrogen (secondary N) is 1. The maximum atomic E-state index is 12.7. The topological polar surface area (TPSA) is 190 Å². The van der Waals surface area contributed by atoms with Crippen molar-refractivity contribution >= 4 is 36.4 Å². The second-order valence-electron chi connectivity index (χ2n) is 6.50. The number of rotatable bonds is 12. The molecule has 166 valence electrons. The van der Waals surface area contributed by atoms with E-state index in [0.717, 1.165) is 4.90 Å². The molecule has 1 aromatic carbocycles. The second-order valence-corrected chi connectivity index (χ2v) is 6.87. The molecule has 1 aromatic rings. The van der Waals surface area contributed by atoms with Crippen LogP contribution in [0.5, 0.6) is 11.5 Å². The zero-order chi connectivity index (χ0) is 22.8. The van der Waals surface area contributed by atoms with Crippen molar-refractivity contribution in [2.45, 2.75) is 31.3 Å². The summed E-state index contributed by atoms with van der Waals surface area (Å²) in [5.41, 5.74) is 5.65. The molecular weight excluding hydrogens is 418 g/mol. The maximum absolute atomic E-state index is 12.7. The highest BCUT2D eigenvalue weighted by Gasteiger charge is 2.27. The average Bonchev–Trinajstić information content (AvgIpc) is 2.68. The van der Waals surface area contributed by atoms with E-state index >= 15 is 0 Å². The van der Waals surface area contributed by atoms with Crippen LogP contribution in [-0.4, -0.2) is 80.0 Å². The van der Waals surface area contributed by atoms with E-state index < -0.39 is 42.4 Å². The van der Waals surface area contributed by atoms with Crippen molar-refractivity contribution in [2.24, 2.45) is 5.73 Å². The summed E-state index contributed by atoms with van der Waals surface area (Å²) in [5.74, 6) is -4.21. The number of amides is 2. The van der Waals surface area contributed by atoms with Gasteiger partial charge in [-0.25, -0.2) is 0 Å². The monoisotopic (exact) mass is 443 g/mol. The first-order valence-corrected chi connectivity index (χ1v) is 9.58. The molecule has 0 bridgehead atoms. The summed E-state index contributed by atoms with van der Waals surface area (Å²) in [6, 6.07) is 1.48. The number of carbonyl (C=O) groups is 4. The van der Waals surface area contributed by atoms with Crippen molar-refractivity contribution in [2.75, 3.05) is 18.8 Å². The van der Waals surface area contributed by atoms with Crippen LogP contribution in [0, 0.1) is 0 Å². The molecule has 12 heteroatoms. The number of thiol groups is 1. The Labute approximate surface area is 177 Å². The molecule has 0 heterocycles. The number of phenolic OH excluding ortho intramolecular Hbond substituents is 2. The number of benzene rings is 1. The fraction of sp³-hybridized carbons (Fsp3) is 0.444. The number of nitrogens with two attached hydrogens (primary N) is 1. The van der Waals surface area contributed by atoms with Crippen LogP contribution in [-0.2, 0) is 25.6 Å². The minimum Gasteiger partial charge on any atom is -0.508 e. The zero-order valence-corrected chi connectivity index (χ0v) is 16.9. The lowest BCUT2D eigenvalue weighted by Gasteiger charge is -2.26. The van der Waals surface area contributed by atoms with Gasteiger partial charge >= 0.3 is 11.9 Å². The van der Waals surface area contributed by atoms with Crippen molar-refractivity contribution in [3.05, 3.63) is 23.8 Å². The van der Waals surface area contributed by atoms with Gasteiger partial charge < -0.3 is 36.4 Å². The van der Waals surface area contributed by atoms with Gasteiger partial charge in [0, 0.05) is 18.7 Å². The first kappa shape index (κ1) is 25.0. The number of aliphatic carboxylic acids is 2. The molecule has 2 atom stereocenters. The van der Waals surface area contributed by atoms with Crippen LogP contribution in [0.15, 0.2) is 18.2 Å². The van der Waals surface area contributed by atoms with E-state index in [9.17, 15) is 29.4 Å². The molecule has 2 unspecified atom stereocenters. The molecule has 2 amide bonds. The number of hydrogen-bond donors (Lipinski definition) is 7. The van der Waals surface area contributed by atoms with Crippen molar-refractivity contribution in [1.29, 1.82) is 0 Å². The maximum Gasteiger partial charge on any atom is 0.323 e. The number of aromatic hydroxyl groups is 2. The number of carboxylic acids is 2. The first-order chi connectivity index (χ1) is 14.0. The Kier molecular flexibility index (Phi) is 9.92. The zero-order valence-electron chi connectivity index (χ0n) is 16.0. The van der Waals surface area contributed by atoms with E-state index in [1.807, 2.05) is 0 Å². The smallest absolute Gasteiger partial charge is 0.323 e. The van der Waals surface area contributed by atoms with Crippen molar-refractivity contribution in [3.63, 3.8) is 0 Å². The number of carbonyl (C=O) groups excluding carboxylic acids is 2. The predicted molar refractivity (Wildman–Crippen MR) is 108 cm³/mol. The summed E-state index contributed by atoms with van der Waals surface area (Å²) < 4.78 is 0. The summed E-state index contributed by atoms with van der Waals surface area (Å²) in [4.78, 5) is 47.6. The van der Waals surface area contributed by atoms with Crippen LogP contribution in [0.1, 0.15) is 18.4 Å². The van der Waals surface area contributed by atoms with Gasteiger partial charge in [0.15, 0.2) is 0 Å². The lowest BCUT2D eigenvalue weighted by atomic mass is 10.1. The van der Waals surface area contributed by atoms with Crippen molar-refractivity contribution < 1.29 is 39.6 Å². The third-order valence-electron chi connectivity index (χ3n) is 4.17. The van der Waals surface area contributed by atoms with Crippen LogP contribution < -0.4 is 11.1 Å². The highest BCUT2D eigenvalue weighted by molar-refractivity contribution is 7.80. The quantitative estimate of drug-likeness (QED) is 0.159. The third-order valence-corrected chi connectivity index (χ3v) is 4.53. The van der Waals surface area contributed by atoms with Crippen LogP contribution in [0.4, 0.5) is 0 Å². The molecule has 0 saturated carbocycles. The largest absolute Gasteiger partial charge is 0.508 e. The van der Waals surface area contributed by atoms with Crippen LogP contribution in [0.2, 0.25) is 0 Å². The molecule has 0 spiro atoms. The van der Waals surface area contributed by atoms with E-state index in [4.69, 9.17) is 15.9 Å². The SMILES string of the molecule is NC(CCC(=O)NC(CS)C(=O)N(CCc1cc(O)ccc1O)CC(=O)O)C(=O)O. The van der Waals surface area contributed by atoms with Gasteiger partial charge in [-0.1, -0.05) is 0 Å². The third kappa shape index (κ3) is 8.17. The normalized spacial score (nSPS) is 12.6. The Morgan fingerprint density at radius 1 is 1.17 bits per heavy atom. The fourth-order valence-corrected chi connectivity index (χ4v) is 2.79. The molecule has 0 radical (unpaired) electrons. The lowest BCUT2D eigenvalue weighted by molar-refractivity contribution is -0.145. The number of nitrogens with zero attached hydrogens (tertiary/aromatic N) is 1. The molecule has 0 fully saturated rings. The first-order valence-electron chi connectivity index (χ1n) is 8.95. The van der Waals surface area contributed by atoms with Gasteiger partial charge in [0.2, 0.25) is 11.8 Å². The summed E-state index contributed by atoms with van der Waals surface area (Å²) in [6.45, 7) is -0.755. The summed E-state index contributed by atoms with van der Waals surface area (Å²) in [6.07, 6.45) is -0.314. The van der Waals surface area contributed by atoms with E-state index in [1.165, 1.54) is 18.2 Å². The van der Waals surface area contributed by atoms with Gasteiger partial charge in [0.05, 0.1) is 0 Å². The molecule has 1 rings (SSSR count).